The molecular formula is C19H24N4O2S. The molecule has 0 aliphatic rings. The highest BCUT2D eigenvalue weighted by molar-refractivity contribution is 7.80. The number of nitrogens with one attached hydrogen (secondary N) is 2. The quantitative estimate of drug-likeness (QED) is 0.570. The van der Waals surface area contributed by atoms with Gasteiger partial charge in [0.2, 0.25) is 5.95 Å². The molecule has 0 saturated carbocycles. The van der Waals surface area contributed by atoms with Crippen LogP contribution in [-0.4, -0.2) is 33.7 Å². The molecule has 0 saturated heterocycles. The summed E-state index contributed by atoms with van der Waals surface area (Å²) in [5, 5.41) is 6.63. The molecule has 0 aliphatic heterocycles. The average Bonchev–Trinajstić information content (AvgIpc) is 2.61. The van der Waals surface area contributed by atoms with Crippen molar-refractivity contribution < 1.29 is 9.53 Å². The summed E-state index contributed by atoms with van der Waals surface area (Å²) >= 11 is 5.32. The first-order valence-corrected chi connectivity index (χ1v) is 9.02. The van der Waals surface area contributed by atoms with Crippen molar-refractivity contribution in [2.24, 2.45) is 0 Å². The molecule has 1 aromatic heterocycles. The van der Waals surface area contributed by atoms with Crippen molar-refractivity contribution in [2.75, 3.05) is 11.9 Å². The van der Waals surface area contributed by atoms with Crippen LogP contribution >= 0.6 is 12.2 Å². The molecule has 1 unspecified atom stereocenters. The fraction of sp³-hybridized carbons (Fsp3) is 0.368. The van der Waals surface area contributed by atoms with Gasteiger partial charge in [-0.1, -0.05) is 30.3 Å². The summed E-state index contributed by atoms with van der Waals surface area (Å²) in [5.74, 6) is -0.0740. The number of carbonyl (C=O) groups excluding carboxylic acids is 1. The Balaban J connectivity index is 1.85. The number of aryl methyl sites for hydroxylation is 2. The second-order valence-corrected chi connectivity index (χ2v) is 6.35. The molecule has 0 bridgehead atoms. The smallest absolute Gasteiger partial charge is 0.341 e. The molecule has 0 aliphatic carbocycles. The third-order valence-electron chi connectivity index (χ3n) is 3.79. The fourth-order valence-electron chi connectivity index (χ4n) is 2.40. The maximum atomic E-state index is 11.8. The number of rotatable bonds is 7. The molecule has 7 heteroatoms. The summed E-state index contributed by atoms with van der Waals surface area (Å²) in [6, 6.07) is 10.5. The first-order valence-electron chi connectivity index (χ1n) is 8.61. The molecule has 0 fully saturated rings. The van der Waals surface area contributed by atoms with Crippen LogP contribution in [0.1, 0.15) is 41.9 Å². The Bertz CT molecular complexity index is 752. The average molecular weight is 372 g/mol. The van der Waals surface area contributed by atoms with Gasteiger partial charge < -0.3 is 15.4 Å². The largest absolute Gasteiger partial charge is 0.462 e. The van der Waals surface area contributed by atoms with Crippen molar-refractivity contribution in [3.05, 3.63) is 53.3 Å². The van der Waals surface area contributed by atoms with E-state index in [1.165, 1.54) is 11.8 Å². The lowest BCUT2D eigenvalue weighted by Crippen LogP contribution is -2.36. The first-order chi connectivity index (χ1) is 12.5. The Morgan fingerprint density at radius 1 is 1.31 bits per heavy atom. The Morgan fingerprint density at radius 3 is 2.69 bits per heavy atom. The van der Waals surface area contributed by atoms with Crippen LogP contribution in [0.2, 0.25) is 0 Å². The molecule has 26 heavy (non-hydrogen) atoms. The number of aromatic nitrogens is 2. The lowest BCUT2D eigenvalue weighted by Gasteiger charge is -2.16. The summed E-state index contributed by atoms with van der Waals surface area (Å²) in [5.41, 5.74) is 2.20. The van der Waals surface area contributed by atoms with E-state index in [-0.39, 0.29) is 6.04 Å². The van der Waals surface area contributed by atoms with Crippen LogP contribution in [0, 0.1) is 6.92 Å². The van der Waals surface area contributed by atoms with Crippen LogP contribution in [-0.2, 0) is 11.2 Å². The normalized spacial score (nSPS) is 11.5. The van der Waals surface area contributed by atoms with Crippen LogP contribution < -0.4 is 10.6 Å². The van der Waals surface area contributed by atoms with Gasteiger partial charge in [0.15, 0.2) is 5.11 Å². The fourth-order valence-corrected chi connectivity index (χ4v) is 2.69. The van der Waals surface area contributed by atoms with Crippen LogP contribution in [0.4, 0.5) is 5.95 Å². The summed E-state index contributed by atoms with van der Waals surface area (Å²) < 4.78 is 4.97. The molecule has 0 spiro atoms. The van der Waals surface area contributed by atoms with Gasteiger partial charge in [-0.25, -0.2) is 14.8 Å². The van der Waals surface area contributed by atoms with Gasteiger partial charge in [0.05, 0.1) is 17.9 Å². The number of benzene rings is 1. The van der Waals surface area contributed by atoms with E-state index < -0.39 is 5.97 Å². The molecule has 138 valence electrons. The lowest BCUT2D eigenvalue weighted by atomic mass is 10.1. The SMILES string of the molecule is CCOC(=O)c1cnc(NC(=S)NC(C)CCc2ccccc2)nc1C. The van der Waals surface area contributed by atoms with Crippen molar-refractivity contribution in [2.45, 2.75) is 39.7 Å². The van der Waals surface area contributed by atoms with Gasteiger partial charge in [-0.2, -0.15) is 0 Å². The summed E-state index contributed by atoms with van der Waals surface area (Å²) in [4.78, 5) is 20.2. The zero-order valence-electron chi connectivity index (χ0n) is 15.3. The van der Waals surface area contributed by atoms with Crippen molar-refractivity contribution in [1.82, 2.24) is 15.3 Å². The molecule has 1 atom stereocenters. The third kappa shape index (κ3) is 6.07. The van der Waals surface area contributed by atoms with Crippen LogP contribution in [0.25, 0.3) is 0 Å². The van der Waals surface area contributed by atoms with Gasteiger partial charge in [0, 0.05) is 12.2 Å². The molecule has 0 amide bonds. The van der Waals surface area contributed by atoms with Gasteiger partial charge in [-0.15, -0.1) is 0 Å². The molecule has 2 aromatic rings. The summed E-state index contributed by atoms with van der Waals surface area (Å²) in [6.07, 6.45) is 3.37. The van der Waals surface area contributed by atoms with E-state index in [4.69, 9.17) is 17.0 Å². The van der Waals surface area contributed by atoms with E-state index >= 15 is 0 Å². The van der Waals surface area contributed by atoms with Crippen molar-refractivity contribution in [3.8, 4) is 0 Å². The van der Waals surface area contributed by atoms with E-state index in [9.17, 15) is 4.79 Å². The topological polar surface area (TPSA) is 76.1 Å². The van der Waals surface area contributed by atoms with E-state index in [1.807, 2.05) is 18.2 Å². The second-order valence-electron chi connectivity index (χ2n) is 5.94. The number of hydrogen-bond donors (Lipinski definition) is 2. The number of esters is 1. The van der Waals surface area contributed by atoms with Gasteiger partial charge in [0.1, 0.15) is 0 Å². The van der Waals surface area contributed by atoms with Crippen molar-refractivity contribution in [1.29, 1.82) is 0 Å². The maximum absolute atomic E-state index is 11.8. The van der Waals surface area contributed by atoms with Gasteiger partial charge >= 0.3 is 5.97 Å². The van der Waals surface area contributed by atoms with E-state index in [0.717, 1.165) is 12.8 Å². The maximum Gasteiger partial charge on any atom is 0.341 e. The number of ether oxygens (including phenoxy) is 1. The molecular weight excluding hydrogens is 348 g/mol. The van der Waals surface area contributed by atoms with Crippen molar-refractivity contribution >= 4 is 29.2 Å². The van der Waals surface area contributed by atoms with Crippen molar-refractivity contribution in [3.63, 3.8) is 0 Å². The highest BCUT2D eigenvalue weighted by Crippen LogP contribution is 2.09. The number of nitrogens with zero attached hydrogens (tertiary/aromatic N) is 2. The number of anilines is 1. The first kappa shape index (κ1) is 19.8. The molecule has 0 radical (unpaired) electrons. The van der Waals surface area contributed by atoms with E-state index in [0.29, 0.717) is 28.9 Å². The molecule has 2 N–H and O–H groups in total. The monoisotopic (exact) mass is 372 g/mol. The Labute approximate surface area is 159 Å². The Hall–Kier alpha value is -2.54. The second kappa shape index (κ2) is 9.82. The number of thiocarbonyl (C=S) groups is 1. The molecule has 1 heterocycles. The molecule has 2 rings (SSSR count). The lowest BCUT2D eigenvalue weighted by molar-refractivity contribution is 0.0524. The van der Waals surface area contributed by atoms with Crippen LogP contribution in [0.3, 0.4) is 0 Å². The summed E-state index contributed by atoms with van der Waals surface area (Å²) in [7, 11) is 0. The molecule has 1 aromatic carbocycles. The zero-order valence-corrected chi connectivity index (χ0v) is 16.1. The van der Waals surface area contributed by atoms with Gasteiger partial charge in [-0.3, -0.25) is 0 Å². The van der Waals surface area contributed by atoms with E-state index in [2.05, 4.69) is 39.7 Å². The summed E-state index contributed by atoms with van der Waals surface area (Å²) in [6.45, 7) is 5.88. The highest BCUT2D eigenvalue weighted by Gasteiger charge is 2.13. The zero-order chi connectivity index (χ0) is 18.9. The van der Waals surface area contributed by atoms with Crippen LogP contribution in [0.15, 0.2) is 36.5 Å². The van der Waals surface area contributed by atoms with Gasteiger partial charge in [0.25, 0.3) is 0 Å². The standard InChI is InChI=1S/C19H24N4O2S/c1-4-25-17(24)16-12-20-18(22-14(16)3)23-19(26)21-13(2)10-11-15-8-6-5-7-9-15/h5-9,12-13H,4,10-11H2,1-3H3,(H2,20,21,22,23,26). The van der Waals surface area contributed by atoms with Crippen LogP contribution in [0.5, 0.6) is 0 Å². The minimum absolute atomic E-state index is 0.204. The van der Waals surface area contributed by atoms with Gasteiger partial charge in [-0.05, 0) is 51.4 Å². The number of hydrogen-bond acceptors (Lipinski definition) is 5. The molecule has 6 nitrogen and oxygen atoms in total. The Morgan fingerprint density at radius 2 is 2.04 bits per heavy atom. The predicted octanol–water partition coefficient (Wildman–Crippen LogP) is 3.27. The minimum Gasteiger partial charge on any atom is -0.462 e. The third-order valence-corrected chi connectivity index (χ3v) is 4.01. The minimum atomic E-state index is -0.424. The predicted molar refractivity (Wildman–Crippen MR) is 106 cm³/mol. The number of carbonyl (C=O) groups is 1. The van der Waals surface area contributed by atoms with E-state index in [1.54, 1.807) is 13.8 Å². The highest BCUT2D eigenvalue weighted by atomic mass is 32.1. The Kier molecular flexibility index (Phi) is 7.47.